The fourth-order valence-corrected chi connectivity index (χ4v) is 1.86. The topological polar surface area (TPSA) is 121 Å². The molecule has 6 N–H and O–H groups in total. The summed E-state index contributed by atoms with van der Waals surface area (Å²) in [6, 6.07) is 4.43. The molecule has 21 heavy (non-hydrogen) atoms. The Morgan fingerprint density at radius 3 is 2.19 bits per heavy atom. The quantitative estimate of drug-likeness (QED) is 0.416. The molecule has 0 amide bonds. The molecule has 1 aromatic carbocycles. The zero-order valence-corrected chi connectivity index (χ0v) is 12.3. The molecule has 0 aromatic heterocycles. The predicted octanol–water partition coefficient (Wildman–Crippen LogP) is 0.328. The normalized spacial score (nSPS) is 18.1. The molecule has 1 rings (SSSR count). The first-order valence-corrected chi connectivity index (χ1v) is 6.72. The van der Waals surface area contributed by atoms with Crippen molar-refractivity contribution in [1.82, 2.24) is 0 Å². The zero-order valence-electron chi connectivity index (χ0n) is 10.8. The van der Waals surface area contributed by atoms with Gasteiger partial charge in [-0.15, -0.1) is 0 Å². The third kappa shape index (κ3) is 4.82. The summed E-state index contributed by atoms with van der Waals surface area (Å²) in [6.07, 6.45) is -6.09. The molecule has 8 heteroatoms. The van der Waals surface area contributed by atoms with E-state index >= 15 is 0 Å². The van der Waals surface area contributed by atoms with Crippen LogP contribution < -0.4 is 0 Å². The fraction of sp³-hybridized carbons (Fsp3) is 0.385. The second-order valence-electron chi connectivity index (χ2n) is 4.42. The summed E-state index contributed by atoms with van der Waals surface area (Å²) < 4.78 is 0. The van der Waals surface area contributed by atoms with E-state index in [1.54, 1.807) is 0 Å². The highest BCUT2D eigenvalue weighted by atomic mass is 35.5. The van der Waals surface area contributed by atoms with Gasteiger partial charge in [-0.25, -0.2) is 0 Å². The standard InChI is InChI=1S/C13H16Cl2O6/c14-7-2-1-6(3-8(7)15)4-9(17)11(19)13(21)12(20)10(18)5-16/h1-4,10-13,16-21H,5H2. The number of rotatable bonds is 6. The summed E-state index contributed by atoms with van der Waals surface area (Å²) in [6.45, 7) is -0.803. The van der Waals surface area contributed by atoms with Gasteiger partial charge >= 0.3 is 0 Å². The van der Waals surface area contributed by atoms with Crippen molar-refractivity contribution in [2.45, 2.75) is 24.4 Å². The van der Waals surface area contributed by atoms with Crippen LogP contribution in [0.4, 0.5) is 0 Å². The zero-order chi connectivity index (χ0) is 16.2. The number of hydrogen-bond donors (Lipinski definition) is 6. The maximum atomic E-state index is 9.72. The Balaban J connectivity index is 2.87. The molecule has 0 bridgehead atoms. The number of halogens is 2. The van der Waals surface area contributed by atoms with Crippen LogP contribution in [0.15, 0.2) is 24.0 Å². The van der Waals surface area contributed by atoms with Crippen LogP contribution >= 0.6 is 23.2 Å². The number of aliphatic hydroxyl groups excluding tert-OH is 6. The Kier molecular flexibility index (Phi) is 6.89. The highest BCUT2D eigenvalue weighted by molar-refractivity contribution is 6.42. The molecule has 0 saturated heterocycles. The molecule has 0 aliphatic carbocycles. The van der Waals surface area contributed by atoms with Crippen LogP contribution in [-0.4, -0.2) is 61.7 Å². The van der Waals surface area contributed by atoms with Crippen molar-refractivity contribution >= 4 is 29.3 Å². The molecule has 0 fully saturated rings. The first kappa shape index (κ1) is 18.2. The van der Waals surface area contributed by atoms with Crippen LogP contribution in [-0.2, 0) is 0 Å². The molecule has 4 unspecified atom stereocenters. The summed E-state index contributed by atoms with van der Waals surface area (Å²) in [5.41, 5.74) is 0.408. The van der Waals surface area contributed by atoms with E-state index in [2.05, 4.69) is 0 Å². The van der Waals surface area contributed by atoms with E-state index in [0.29, 0.717) is 10.6 Å². The fourth-order valence-electron chi connectivity index (χ4n) is 1.56. The molecule has 6 nitrogen and oxygen atoms in total. The summed E-state index contributed by atoms with van der Waals surface area (Å²) in [4.78, 5) is 0. The van der Waals surface area contributed by atoms with E-state index in [1.807, 2.05) is 0 Å². The van der Waals surface area contributed by atoms with Crippen molar-refractivity contribution in [2.24, 2.45) is 0 Å². The first-order chi connectivity index (χ1) is 9.77. The monoisotopic (exact) mass is 338 g/mol. The van der Waals surface area contributed by atoms with Gasteiger partial charge in [0.05, 0.1) is 16.7 Å². The molecule has 4 atom stereocenters. The Morgan fingerprint density at radius 1 is 1.05 bits per heavy atom. The van der Waals surface area contributed by atoms with Crippen molar-refractivity contribution in [2.75, 3.05) is 6.61 Å². The number of aliphatic hydroxyl groups is 6. The Labute approximate surface area is 131 Å². The van der Waals surface area contributed by atoms with Gasteiger partial charge in [-0.3, -0.25) is 0 Å². The van der Waals surface area contributed by atoms with Crippen LogP contribution in [0.1, 0.15) is 5.56 Å². The highest BCUT2D eigenvalue weighted by Gasteiger charge is 2.32. The van der Waals surface area contributed by atoms with E-state index in [9.17, 15) is 25.5 Å². The summed E-state index contributed by atoms with van der Waals surface area (Å²) >= 11 is 11.5. The second-order valence-corrected chi connectivity index (χ2v) is 5.23. The maximum Gasteiger partial charge on any atom is 0.139 e. The lowest BCUT2D eigenvalue weighted by Crippen LogP contribution is -2.46. The Bertz CT molecular complexity index is 507. The molecular weight excluding hydrogens is 323 g/mol. The smallest absolute Gasteiger partial charge is 0.139 e. The van der Waals surface area contributed by atoms with Crippen molar-refractivity contribution in [3.8, 4) is 0 Å². The molecule has 118 valence electrons. The van der Waals surface area contributed by atoms with Gasteiger partial charge in [0.1, 0.15) is 30.2 Å². The lowest BCUT2D eigenvalue weighted by atomic mass is 10.0. The molecule has 0 spiro atoms. The minimum atomic E-state index is -1.88. The van der Waals surface area contributed by atoms with Crippen LogP contribution in [0.25, 0.3) is 6.08 Å². The van der Waals surface area contributed by atoms with Crippen LogP contribution in [0, 0.1) is 0 Å². The van der Waals surface area contributed by atoms with Crippen molar-refractivity contribution < 1.29 is 30.6 Å². The Morgan fingerprint density at radius 2 is 1.67 bits per heavy atom. The van der Waals surface area contributed by atoms with Gasteiger partial charge in [0.15, 0.2) is 0 Å². The minimum Gasteiger partial charge on any atom is -0.509 e. The molecular formula is C13H16Cl2O6. The number of benzene rings is 1. The molecule has 0 saturated carbocycles. The third-order valence-electron chi connectivity index (χ3n) is 2.82. The largest absolute Gasteiger partial charge is 0.509 e. The Hall–Kier alpha value is -0.860. The van der Waals surface area contributed by atoms with E-state index in [4.69, 9.17) is 28.3 Å². The van der Waals surface area contributed by atoms with Gasteiger partial charge in [0.25, 0.3) is 0 Å². The van der Waals surface area contributed by atoms with Crippen LogP contribution in [0.2, 0.25) is 10.0 Å². The van der Waals surface area contributed by atoms with Crippen molar-refractivity contribution in [1.29, 1.82) is 0 Å². The second kappa shape index (κ2) is 7.95. The van der Waals surface area contributed by atoms with E-state index < -0.39 is 36.8 Å². The van der Waals surface area contributed by atoms with Gasteiger partial charge in [-0.2, -0.15) is 0 Å². The summed E-state index contributed by atoms with van der Waals surface area (Å²) in [7, 11) is 0. The average Bonchev–Trinajstić information content (AvgIpc) is 2.47. The number of hydrogen-bond acceptors (Lipinski definition) is 6. The SMILES string of the molecule is OCC(O)C(O)C(O)C(O)C(O)=Cc1ccc(Cl)c(Cl)c1. The van der Waals surface area contributed by atoms with Gasteiger partial charge in [-0.1, -0.05) is 29.3 Å². The van der Waals surface area contributed by atoms with E-state index in [1.165, 1.54) is 18.2 Å². The molecule has 0 aliphatic rings. The van der Waals surface area contributed by atoms with Gasteiger partial charge < -0.3 is 30.6 Å². The van der Waals surface area contributed by atoms with Crippen molar-refractivity contribution in [3.63, 3.8) is 0 Å². The maximum absolute atomic E-state index is 9.72. The lowest BCUT2D eigenvalue weighted by molar-refractivity contribution is -0.112. The molecule has 1 aromatic rings. The highest BCUT2D eigenvalue weighted by Crippen LogP contribution is 2.24. The van der Waals surface area contributed by atoms with Crippen LogP contribution in [0.3, 0.4) is 0 Å². The van der Waals surface area contributed by atoms with E-state index in [-0.39, 0.29) is 5.02 Å². The summed E-state index contributed by atoms with van der Waals surface area (Å²) in [5, 5.41) is 56.9. The van der Waals surface area contributed by atoms with Crippen molar-refractivity contribution in [3.05, 3.63) is 39.6 Å². The van der Waals surface area contributed by atoms with Crippen LogP contribution in [0.5, 0.6) is 0 Å². The van der Waals surface area contributed by atoms with E-state index in [0.717, 1.165) is 6.08 Å². The van der Waals surface area contributed by atoms with Gasteiger partial charge in [-0.05, 0) is 23.8 Å². The average molecular weight is 339 g/mol. The predicted molar refractivity (Wildman–Crippen MR) is 78.2 cm³/mol. The molecule has 0 aliphatic heterocycles. The molecule has 0 heterocycles. The summed E-state index contributed by atoms with van der Waals surface area (Å²) in [5.74, 6) is -0.648. The van der Waals surface area contributed by atoms with Gasteiger partial charge in [0.2, 0.25) is 0 Å². The van der Waals surface area contributed by atoms with Gasteiger partial charge in [0, 0.05) is 0 Å². The molecule has 0 radical (unpaired) electrons. The first-order valence-electron chi connectivity index (χ1n) is 5.96. The third-order valence-corrected chi connectivity index (χ3v) is 3.55. The minimum absolute atomic E-state index is 0.240. The lowest BCUT2D eigenvalue weighted by Gasteiger charge is -2.25.